The van der Waals surface area contributed by atoms with Crippen LogP contribution in [0, 0.1) is 13.8 Å². The van der Waals surface area contributed by atoms with Gasteiger partial charge in [-0.1, -0.05) is 24.3 Å². The normalized spacial score (nSPS) is 12.4. The third-order valence-electron chi connectivity index (χ3n) is 3.54. The number of benzene rings is 1. The molecule has 0 fully saturated rings. The van der Waals surface area contributed by atoms with Crippen molar-refractivity contribution in [1.82, 2.24) is 4.98 Å². The Kier molecular flexibility index (Phi) is 3.86. The predicted octanol–water partition coefficient (Wildman–Crippen LogP) is 3.37. The quantitative estimate of drug-likeness (QED) is 0.916. The van der Waals surface area contributed by atoms with E-state index < -0.39 is 0 Å². The van der Waals surface area contributed by atoms with Crippen molar-refractivity contribution in [3.05, 3.63) is 57.5 Å². The molecule has 0 aliphatic carbocycles. The molecule has 0 spiro atoms. The lowest BCUT2D eigenvalue weighted by Crippen LogP contribution is -2.11. The van der Waals surface area contributed by atoms with Crippen LogP contribution in [0.5, 0.6) is 0 Å². The van der Waals surface area contributed by atoms with Crippen LogP contribution >= 0.6 is 0 Å². The first-order chi connectivity index (χ1) is 9.02. The van der Waals surface area contributed by atoms with Crippen molar-refractivity contribution in [1.29, 1.82) is 0 Å². The maximum Gasteiger partial charge on any atom is 0.256 e. The van der Waals surface area contributed by atoms with Crippen LogP contribution in [0.25, 0.3) is 11.1 Å². The van der Waals surface area contributed by atoms with Crippen LogP contribution in [0.2, 0.25) is 0 Å². The van der Waals surface area contributed by atoms with E-state index in [9.17, 15) is 4.79 Å². The van der Waals surface area contributed by atoms with Gasteiger partial charge in [0.15, 0.2) is 0 Å². The highest BCUT2D eigenvalue weighted by Crippen LogP contribution is 2.21. The molecule has 3 nitrogen and oxygen atoms in total. The number of ether oxygens (including phenoxy) is 1. The molecule has 0 saturated carbocycles. The minimum absolute atomic E-state index is 0.0457. The number of pyridine rings is 1. The van der Waals surface area contributed by atoms with E-state index in [2.05, 4.69) is 4.98 Å². The molecule has 2 aromatic rings. The molecule has 19 heavy (non-hydrogen) atoms. The molecule has 0 amide bonds. The number of aryl methyl sites for hydroxylation is 2. The van der Waals surface area contributed by atoms with Gasteiger partial charge in [0.25, 0.3) is 5.56 Å². The fraction of sp³-hybridized carbons (Fsp3) is 0.312. The lowest BCUT2D eigenvalue weighted by molar-refractivity contribution is 0.119. The Morgan fingerprint density at radius 3 is 2.37 bits per heavy atom. The molecule has 1 N–H and O–H groups in total. The number of hydrogen-bond acceptors (Lipinski definition) is 2. The number of hydrogen-bond donors (Lipinski definition) is 1. The van der Waals surface area contributed by atoms with Crippen molar-refractivity contribution in [3.8, 4) is 11.1 Å². The number of nitrogens with one attached hydrogen (secondary N) is 1. The van der Waals surface area contributed by atoms with Crippen molar-refractivity contribution in [2.75, 3.05) is 7.11 Å². The molecule has 1 aromatic carbocycles. The van der Waals surface area contributed by atoms with E-state index in [-0.39, 0.29) is 11.7 Å². The number of aromatic amines is 1. The van der Waals surface area contributed by atoms with Crippen LogP contribution < -0.4 is 5.56 Å². The van der Waals surface area contributed by atoms with Crippen molar-refractivity contribution < 1.29 is 4.74 Å². The molecular formula is C16H19NO2. The van der Waals surface area contributed by atoms with E-state index in [1.165, 1.54) is 0 Å². The Morgan fingerprint density at radius 1 is 1.16 bits per heavy atom. The first-order valence-electron chi connectivity index (χ1n) is 6.36. The lowest BCUT2D eigenvalue weighted by Gasteiger charge is -2.10. The van der Waals surface area contributed by atoms with Crippen LogP contribution in [0.1, 0.15) is 29.8 Å². The molecule has 1 aromatic heterocycles. The SMILES string of the molecule is CO[C@@H](C)c1ccc(-c2cc(C)c(C)[nH]c2=O)cc1. The molecule has 0 unspecified atom stereocenters. The van der Waals surface area contributed by atoms with Gasteiger partial charge in [-0.3, -0.25) is 4.79 Å². The largest absolute Gasteiger partial charge is 0.377 e. The molecule has 0 saturated heterocycles. The highest BCUT2D eigenvalue weighted by atomic mass is 16.5. The zero-order chi connectivity index (χ0) is 14.0. The Balaban J connectivity index is 2.43. The van der Waals surface area contributed by atoms with Gasteiger partial charge in [-0.25, -0.2) is 0 Å². The third-order valence-corrected chi connectivity index (χ3v) is 3.54. The van der Waals surface area contributed by atoms with E-state index >= 15 is 0 Å². The van der Waals surface area contributed by atoms with Crippen LogP contribution in [0.3, 0.4) is 0 Å². The van der Waals surface area contributed by atoms with Gasteiger partial charge in [-0.2, -0.15) is 0 Å². The van der Waals surface area contributed by atoms with E-state index in [1.807, 2.05) is 51.1 Å². The third kappa shape index (κ3) is 2.76. The first-order valence-corrected chi connectivity index (χ1v) is 6.36. The number of methoxy groups -OCH3 is 1. The van der Waals surface area contributed by atoms with Crippen molar-refractivity contribution >= 4 is 0 Å². The average molecular weight is 257 g/mol. The summed E-state index contributed by atoms with van der Waals surface area (Å²) in [6.07, 6.45) is 0.0621. The Morgan fingerprint density at radius 2 is 1.79 bits per heavy atom. The van der Waals surface area contributed by atoms with Crippen LogP contribution in [-0.4, -0.2) is 12.1 Å². The summed E-state index contributed by atoms with van der Waals surface area (Å²) in [5.74, 6) is 0. The minimum Gasteiger partial charge on any atom is -0.377 e. The molecule has 1 heterocycles. The number of rotatable bonds is 3. The van der Waals surface area contributed by atoms with E-state index in [0.717, 1.165) is 22.4 Å². The van der Waals surface area contributed by atoms with Crippen LogP contribution in [-0.2, 0) is 4.74 Å². The second kappa shape index (κ2) is 5.41. The Hall–Kier alpha value is -1.87. The molecule has 0 aliphatic heterocycles. The highest BCUT2D eigenvalue weighted by molar-refractivity contribution is 5.63. The minimum atomic E-state index is -0.0457. The van der Waals surface area contributed by atoms with E-state index in [0.29, 0.717) is 5.56 Å². The predicted molar refractivity (Wildman–Crippen MR) is 77.4 cm³/mol. The zero-order valence-corrected chi connectivity index (χ0v) is 11.8. The highest BCUT2D eigenvalue weighted by Gasteiger charge is 2.07. The first kappa shape index (κ1) is 13.6. The van der Waals surface area contributed by atoms with E-state index in [4.69, 9.17) is 4.74 Å². The average Bonchev–Trinajstić information content (AvgIpc) is 2.42. The number of H-pyrrole nitrogens is 1. The Labute approximate surface area is 113 Å². The smallest absolute Gasteiger partial charge is 0.256 e. The molecule has 100 valence electrons. The molecule has 1 atom stereocenters. The zero-order valence-electron chi connectivity index (χ0n) is 11.8. The summed E-state index contributed by atoms with van der Waals surface area (Å²) in [6.45, 7) is 5.90. The van der Waals surface area contributed by atoms with E-state index in [1.54, 1.807) is 7.11 Å². The standard InChI is InChI=1S/C16H19NO2/c1-10-9-15(16(18)17-11(10)2)14-7-5-13(6-8-14)12(3)19-4/h5-9,12H,1-4H3,(H,17,18)/t12-/m0/s1. The van der Waals surface area contributed by atoms with Gasteiger partial charge in [0.2, 0.25) is 0 Å². The van der Waals surface area contributed by atoms with Crippen molar-refractivity contribution in [3.63, 3.8) is 0 Å². The second-order valence-electron chi connectivity index (χ2n) is 4.82. The molecule has 3 heteroatoms. The van der Waals surface area contributed by atoms with Gasteiger partial charge in [0.1, 0.15) is 0 Å². The fourth-order valence-corrected chi connectivity index (χ4v) is 2.01. The summed E-state index contributed by atoms with van der Waals surface area (Å²) in [5.41, 5.74) is 4.69. The maximum absolute atomic E-state index is 12.0. The monoisotopic (exact) mass is 257 g/mol. The summed E-state index contributed by atoms with van der Waals surface area (Å²) in [5, 5.41) is 0. The summed E-state index contributed by atoms with van der Waals surface area (Å²) in [7, 11) is 1.69. The summed E-state index contributed by atoms with van der Waals surface area (Å²) >= 11 is 0. The molecule has 0 bridgehead atoms. The van der Waals surface area contributed by atoms with Gasteiger partial charge in [-0.05, 0) is 43.5 Å². The fourth-order valence-electron chi connectivity index (χ4n) is 2.01. The summed E-state index contributed by atoms with van der Waals surface area (Å²) in [4.78, 5) is 14.9. The van der Waals surface area contributed by atoms with Crippen LogP contribution in [0.15, 0.2) is 35.1 Å². The van der Waals surface area contributed by atoms with Gasteiger partial charge < -0.3 is 9.72 Å². The second-order valence-corrected chi connectivity index (χ2v) is 4.82. The van der Waals surface area contributed by atoms with Crippen molar-refractivity contribution in [2.45, 2.75) is 26.9 Å². The van der Waals surface area contributed by atoms with Gasteiger partial charge in [0.05, 0.1) is 6.10 Å². The Bertz CT molecular complexity index is 626. The molecule has 0 radical (unpaired) electrons. The van der Waals surface area contributed by atoms with Gasteiger partial charge >= 0.3 is 0 Å². The lowest BCUT2D eigenvalue weighted by atomic mass is 10.0. The summed E-state index contributed by atoms with van der Waals surface area (Å²) in [6, 6.07) is 9.85. The van der Waals surface area contributed by atoms with Crippen LogP contribution in [0.4, 0.5) is 0 Å². The topological polar surface area (TPSA) is 42.1 Å². The number of aromatic nitrogens is 1. The maximum atomic E-state index is 12.0. The van der Waals surface area contributed by atoms with Gasteiger partial charge in [-0.15, -0.1) is 0 Å². The van der Waals surface area contributed by atoms with Crippen molar-refractivity contribution in [2.24, 2.45) is 0 Å². The summed E-state index contributed by atoms with van der Waals surface area (Å²) < 4.78 is 5.27. The molecular weight excluding hydrogens is 238 g/mol. The molecule has 0 aliphatic rings. The van der Waals surface area contributed by atoms with Gasteiger partial charge in [0, 0.05) is 18.4 Å². The molecule has 2 rings (SSSR count).